The molecule has 0 saturated carbocycles. The van der Waals surface area contributed by atoms with Crippen molar-refractivity contribution in [2.24, 2.45) is 0 Å². The van der Waals surface area contributed by atoms with E-state index in [4.69, 9.17) is 0 Å². The number of aryl methyl sites for hydroxylation is 1. The molecule has 1 nitrogen and oxygen atoms in total. The molecule has 1 unspecified atom stereocenters. The molecule has 0 aliphatic heterocycles. The van der Waals surface area contributed by atoms with Crippen molar-refractivity contribution in [1.82, 2.24) is 0 Å². The van der Waals surface area contributed by atoms with Crippen LogP contribution in [0.5, 0.6) is 0 Å². The van der Waals surface area contributed by atoms with Gasteiger partial charge in [-0.15, -0.1) is 11.3 Å². The molecule has 0 radical (unpaired) electrons. The van der Waals surface area contributed by atoms with Crippen LogP contribution in [0.15, 0.2) is 38.6 Å². The Hall–Kier alpha value is -0.160. The van der Waals surface area contributed by atoms with Crippen molar-refractivity contribution >= 4 is 43.2 Å². The lowest BCUT2D eigenvalue weighted by atomic mass is 9.78. The predicted molar refractivity (Wildman–Crippen MR) is 86.8 cm³/mol. The first-order valence-corrected chi connectivity index (χ1v) is 8.73. The Morgan fingerprint density at radius 3 is 2.74 bits per heavy atom. The number of fused-ring (bicyclic) bond motifs is 1. The van der Waals surface area contributed by atoms with Crippen LogP contribution in [0, 0.1) is 0 Å². The maximum atomic E-state index is 10.8. The molecule has 1 aliphatic carbocycles. The van der Waals surface area contributed by atoms with Crippen molar-refractivity contribution in [3.8, 4) is 0 Å². The molecular weight excluding hydrogens is 388 g/mol. The first kappa shape index (κ1) is 13.8. The van der Waals surface area contributed by atoms with Crippen LogP contribution in [0.2, 0.25) is 0 Å². The van der Waals surface area contributed by atoms with Crippen LogP contribution in [0.3, 0.4) is 0 Å². The van der Waals surface area contributed by atoms with E-state index in [1.165, 1.54) is 16.0 Å². The third-order valence-corrected chi connectivity index (χ3v) is 5.86. The van der Waals surface area contributed by atoms with E-state index in [-0.39, 0.29) is 0 Å². The fourth-order valence-electron chi connectivity index (χ4n) is 2.73. The SMILES string of the molecule is OC1(Cc2cc(Br)cs2)CCc2cc(Br)ccc2C1. The molecular formula is C15H14Br2OS. The van der Waals surface area contributed by atoms with Gasteiger partial charge >= 0.3 is 0 Å². The van der Waals surface area contributed by atoms with Gasteiger partial charge in [0.1, 0.15) is 0 Å². The standard InChI is InChI=1S/C15H14Br2OS/c16-12-2-1-11-7-15(18,4-3-10(11)5-12)8-14-6-13(17)9-19-14/h1-2,5-6,9,18H,3-4,7-8H2. The molecule has 19 heavy (non-hydrogen) atoms. The molecule has 1 aromatic heterocycles. The van der Waals surface area contributed by atoms with E-state index in [1.807, 2.05) is 0 Å². The summed E-state index contributed by atoms with van der Waals surface area (Å²) in [6, 6.07) is 8.48. The molecule has 1 N–H and O–H groups in total. The quantitative estimate of drug-likeness (QED) is 0.770. The van der Waals surface area contributed by atoms with Crippen LogP contribution in [0.4, 0.5) is 0 Å². The highest BCUT2D eigenvalue weighted by Gasteiger charge is 2.32. The minimum absolute atomic E-state index is 0.592. The zero-order chi connectivity index (χ0) is 13.5. The fourth-order valence-corrected chi connectivity index (χ4v) is 4.73. The highest BCUT2D eigenvalue weighted by molar-refractivity contribution is 9.10. The molecule has 1 aliphatic rings. The first-order valence-electron chi connectivity index (χ1n) is 6.27. The molecule has 0 fully saturated rings. The summed E-state index contributed by atoms with van der Waals surface area (Å²) in [6.07, 6.45) is 3.30. The summed E-state index contributed by atoms with van der Waals surface area (Å²) in [5, 5.41) is 12.9. The predicted octanol–water partition coefficient (Wildman–Crippen LogP) is 4.74. The van der Waals surface area contributed by atoms with Crippen LogP contribution in [-0.4, -0.2) is 10.7 Å². The van der Waals surface area contributed by atoms with Crippen LogP contribution >= 0.6 is 43.2 Å². The number of halogens is 2. The Labute approximate surface area is 133 Å². The van der Waals surface area contributed by atoms with Crippen LogP contribution in [0.25, 0.3) is 0 Å². The first-order chi connectivity index (χ1) is 9.04. The van der Waals surface area contributed by atoms with E-state index in [0.29, 0.717) is 0 Å². The van der Waals surface area contributed by atoms with Crippen molar-refractivity contribution in [2.45, 2.75) is 31.3 Å². The van der Waals surface area contributed by atoms with Crippen LogP contribution in [-0.2, 0) is 19.3 Å². The third kappa shape index (κ3) is 3.13. The van der Waals surface area contributed by atoms with Crippen molar-refractivity contribution in [3.05, 3.63) is 54.6 Å². The fraction of sp³-hybridized carbons (Fsp3) is 0.333. The normalized spacial score (nSPS) is 22.3. The molecule has 3 rings (SSSR count). The highest BCUT2D eigenvalue weighted by atomic mass is 79.9. The van der Waals surface area contributed by atoms with Gasteiger partial charge in [0, 0.05) is 32.0 Å². The van der Waals surface area contributed by atoms with Gasteiger partial charge in [0.15, 0.2) is 0 Å². The van der Waals surface area contributed by atoms with Gasteiger partial charge in [0.25, 0.3) is 0 Å². The molecule has 0 spiro atoms. The maximum absolute atomic E-state index is 10.8. The summed E-state index contributed by atoms with van der Waals surface area (Å²) in [6.45, 7) is 0. The average Bonchev–Trinajstić information content (AvgIpc) is 2.75. The number of aliphatic hydroxyl groups is 1. The minimum atomic E-state index is -0.592. The van der Waals surface area contributed by atoms with Gasteiger partial charge in [-0.25, -0.2) is 0 Å². The second-order valence-electron chi connectivity index (χ2n) is 5.22. The van der Waals surface area contributed by atoms with Crippen LogP contribution in [0.1, 0.15) is 22.4 Å². The smallest absolute Gasteiger partial charge is 0.0739 e. The molecule has 1 atom stereocenters. The van der Waals surface area contributed by atoms with Crippen molar-refractivity contribution in [3.63, 3.8) is 0 Å². The zero-order valence-corrected chi connectivity index (χ0v) is 14.3. The van der Waals surface area contributed by atoms with E-state index >= 15 is 0 Å². The summed E-state index contributed by atoms with van der Waals surface area (Å²) in [4.78, 5) is 1.25. The molecule has 0 bridgehead atoms. The Kier molecular flexibility index (Phi) is 3.87. The summed E-state index contributed by atoms with van der Waals surface area (Å²) in [7, 11) is 0. The Bertz CT molecular complexity index is 608. The molecule has 100 valence electrons. The third-order valence-electron chi connectivity index (χ3n) is 3.67. The van der Waals surface area contributed by atoms with Crippen molar-refractivity contribution < 1.29 is 5.11 Å². The number of hydrogen-bond donors (Lipinski definition) is 1. The van der Waals surface area contributed by atoms with Crippen molar-refractivity contribution in [1.29, 1.82) is 0 Å². The van der Waals surface area contributed by atoms with Crippen LogP contribution < -0.4 is 0 Å². The second-order valence-corrected chi connectivity index (χ2v) is 8.05. The van der Waals surface area contributed by atoms with Gasteiger partial charge < -0.3 is 5.11 Å². The molecule has 0 amide bonds. The molecule has 1 heterocycles. The minimum Gasteiger partial charge on any atom is -0.389 e. The van der Waals surface area contributed by atoms with E-state index in [0.717, 1.165) is 34.6 Å². The summed E-state index contributed by atoms with van der Waals surface area (Å²) >= 11 is 8.69. The number of benzene rings is 1. The van der Waals surface area contributed by atoms with Gasteiger partial charge in [0.05, 0.1) is 5.60 Å². The van der Waals surface area contributed by atoms with E-state index in [9.17, 15) is 5.11 Å². The lowest BCUT2D eigenvalue weighted by Crippen LogP contribution is -2.37. The van der Waals surface area contributed by atoms with Gasteiger partial charge in [-0.1, -0.05) is 22.0 Å². The summed E-state index contributed by atoms with van der Waals surface area (Å²) in [5.41, 5.74) is 2.06. The van der Waals surface area contributed by atoms with Gasteiger partial charge in [0.2, 0.25) is 0 Å². The number of thiophene rings is 1. The lowest BCUT2D eigenvalue weighted by molar-refractivity contribution is 0.0275. The maximum Gasteiger partial charge on any atom is 0.0739 e. The van der Waals surface area contributed by atoms with Crippen molar-refractivity contribution in [2.75, 3.05) is 0 Å². The highest BCUT2D eigenvalue weighted by Crippen LogP contribution is 2.34. The van der Waals surface area contributed by atoms with Gasteiger partial charge in [-0.3, -0.25) is 0 Å². The van der Waals surface area contributed by atoms with E-state index in [1.54, 1.807) is 11.3 Å². The molecule has 2 aromatic rings. The zero-order valence-electron chi connectivity index (χ0n) is 10.3. The van der Waals surface area contributed by atoms with Gasteiger partial charge in [-0.05, 0) is 58.1 Å². The largest absolute Gasteiger partial charge is 0.389 e. The topological polar surface area (TPSA) is 20.2 Å². The summed E-state index contributed by atoms with van der Waals surface area (Å²) < 4.78 is 2.23. The second kappa shape index (κ2) is 5.32. The lowest BCUT2D eigenvalue weighted by Gasteiger charge is -2.33. The molecule has 0 saturated heterocycles. The molecule has 1 aromatic carbocycles. The van der Waals surface area contributed by atoms with E-state index < -0.39 is 5.60 Å². The monoisotopic (exact) mass is 400 g/mol. The summed E-state index contributed by atoms with van der Waals surface area (Å²) in [5.74, 6) is 0. The number of rotatable bonds is 2. The average molecular weight is 402 g/mol. The number of hydrogen-bond acceptors (Lipinski definition) is 2. The Morgan fingerprint density at radius 1 is 1.16 bits per heavy atom. The van der Waals surface area contributed by atoms with E-state index in [2.05, 4.69) is 61.5 Å². The van der Waals surface area contributed by atoms with Gasteiger partial charge in [-0.2, -0.15) is 0 Å². The Balaban J connectivity index is 1.81. The molecule has 4 heteroatoms. The Morgan fingerprint density at radius 2 is 2.00 bits per heavy atom.